The largest absolute Gasteiger partial charge is 0.372 e. The predicted molar refractivity (Wildman–Crippen MR) is 78.2 cm³/mol. The first kappa shape index (κ1) is 13.5. The summed E-state index contributed by atoms with van der Waals surface area (Å²) >= 11 is 3.58. The smallest absolute Gasteiger partial charge is 0.148 e. The minimum absolute atomic E-state index is 0.844. The molecule has 0 bridgehead atoms. The molecule has 0 spiro atoms. The van der Waals surface area contributed by atoms with Crippen LogP contribution in [0.5, 0.6) is 0 Å². The summed E-state index contributed by atoms with van der Waals surface area (Å²) in [5.74, 6) is 1.83. The number of rotatable bonds is 4. The van der Waals surface area contributed by atoms with E-state index in [0.717, 1.165) is 42.3 Å². The first-order valence-electron chi connectivity index (χ1n) is 6.41. The highest BCUT2D eigenvalue weighted by molar-refractivity contribution is 9.10. The molecule has 0 unspecified atom stereocenters. The van der Waals surface area contributed by atoms with E-state index in [-0.39, 0.29) is 0 Å². The number of hydrogen-bond donors (Lipinski definition) is 1. The van der Waals surface area contributed by atoms with Gasteiger partial charge < -0.3 is 10.2 Å². The van der Waals surface area contributed by atoms with Crippen LogP contribution in [0.15, 0.2) is 10.8 Å². The summed E-state index contributed by atoms with van der Waals surface area (Å²) in [6, 6.07) is 0. The third kappa shape index (κ3) is 2.92. The summed E-state index contributed by atoms with van der Waals surface area (Å²) in [4.78, 5) is 13.4. The van der Waals surface area contributed by atoms with Gasteiger partial charge in [0.2, 0.25) is 0 Å². The van der Waals surface area contributed by atoms with Gasteiger partial charge in [-0.3, -0.25) is 4.90 Å². The fraction of sp³-hybridized carbons (Fsp3) is 0.667. The van der Waals surface area contributed by atoms with E-state index in [1.807, 2.05) is 7.05 Å². The maximum atomic E-state index is 4.39. The van der Waals surface area contributed by atoms with Crippen molar-refractivity contribution in [3.63, 3.8) is 0 Å². The highest BCUT2D eigenvalue weighted by Crippen LogP contribution is 2.29. The molecule has 100 valence electrons. The fourth-order valence-corrected chi connectivity index (χ4v) is 2.91. The Morgan fingerprint density at radius 1 is 1.28 bits per heavy atom. The van der Waals surface area contributed by atoms with Crippen LogP contribution in [0.4, 0.5) is 11.6 Å². The van der Waals surface area contributed by atoms with Crippen molar-refractivity contribution in [1.82, 2.24) is 14.9 Å². The molecule has 1 aliphatic rings. The van der Waals surface area contributed by atoms with Gasteiger partial charge in [-0.2, -0.15) is 0 Å². The lowest BCUT2D eigenvalue weighted by molar-refractivity contribution is 0.258. The van der Waals surface area contributed by atoms with E-state index in [1.54, 1.807) is 6.33 Å². The quantitative estimate of drug-likeness (QED) is 0.918. The molecular weight excluding hydrogens is 294 g/mol. The van der Waals surface area contributed by atoms with Crippen LogP contribution in [-0.2, 0) is 0 Å². The second-order valence-corrected chi connectivity index (χ2v) is 5.23. The van der Waals surface area contributed by atoms with Crippen LogP contribution in [0.2, 0.25) is 0 Å². The van der Waals surface area contributed by atoms with Crippen LogP contribution < -0.4 is 10.2 Å². The van der Waals surface area contributed by atoms with Gasteiger partial charge in [-0.15, -0.1) is 0 Å². The van der Waals surface area contributed by atoms with Gasteiger partial charge in [-0.05, 0) is 28.9 Å². The maximum absolute atomic E-state index is 4.39. The number of nitrogens with zero attached hydrogens (tertiary/aromatic N) is 4. The van der Waals surface area contributed by atoms with Crippen molar-refractivity contribution in [2.24, 2.45) is 0 Å². The fourth-order valence-electron chi connectivity index (χ4n) is 2.25. The van der Waals surface area contributed by atoms with Gasteiger partial charge in [0, 0.05) is 33.2 Å². The first-order valence-corrected chi connectivity index (χ1v) is 7.21. The Hall–Kier alpha value is -0.880. The summed E-state index contributed by atoms with van der Waals surface area (Å²) in [5, 5.41) is 3.07. The standard InChI is InChI=1S/C12H20BrN5/c1-3-4-17-5-7-18(8-6-17)12-10(13)11(14-2)15-9-16-12/h9H,3-8H2,1-2H3,(H,14,15,16). The minimum Gasteiger partial charge on any atom is -0.372 e. The summed E-state index contributed by atoms with van der Waals surface area (Å²) in [7, 11) is 1.87. The van der Waals surface area contributed by atoms with Crippen LogP contribution >= 0.6 is 15.9 Å². The molecule has 1 N–H and O–H groups in total. The SMILES string of the molecule is CCCN1CCN(c2ncnc(NC)c2Br)CC1. The topological polar surface area (TPSA) is 44.3 Å². The van der Waals surface area contributed by atoms with Crippen LogP contribution in [0.25, 0.3) is 0 Å². The number of aromatic nitrogens is 2. The van der Waals surface area contributed by atoms with E-state index >= 15 is 0 Å². The molecule has 0 aliphatic carbocycles. The number of halogens is 1. The Morgan fingerprint density at radius 3 is 2.61 bits per heavy atom. The van der Waals surface area contributed by atoms with Crippen LogP contribution in [0.3, 0.4) is 0 Å². The van der Waals surface area contributed by atoms with E-state index in [9.17, 15) is 0 Å². The Labute approximate surface area is 117 Å². The molecule has 18 heavy (non-hydrogen) atoms. The second-order valence-electron chi connectivity index (χ2n) is 4.44. The molecule has 5 nitrogen and oxygen atoms in total. The molecule has 0 amide bonds. The Bertz CT molecular complexity index is 390. The molecule has 1 saturated heterocycles. The van der Waals surface area contributed by atoms with Gasteiger partial charge in [-0.1, -0.05) is 6.92 Å². The third-order valence-electron chi connectivity index (χ3n) is 3.22. The van der Waals surface area contributed by atoms with Crippen molar-refractivity contribution in [1.29, 1.82) is 0 Å². The van der Waals surface area contributed by atoms with Crippen molar-refractivity contribution in [2.75, 3.05) is 50.0 Å². The van der Waals surface area contributed by atoms with Crippen molar-refractivity contribution in [3.05, 3.63) is 10.8 Å². The normalized spacial score (nSPS) is 16.9. The summed E-state index contributed by atoms with van der Waals surface area (Å²) in [5.41, 5.74) is 0. The number of piperazine rings is 1. The van der Waals surface area contributed by atoms with Crippen molar-refractivity contribution >= 4 is 27.6 Å². The highest BCUT2D eigenvalue weighted by atomic mass is 79.9. The molecule has 2 heterocycles. The van der Waals surface area contributed by atoms with E-state index < -0.39 is 0 Å². The molecule has 1 aliphatic heterocycles. The van der Waals surface area contributed by atoms with Crippen molar-refractivity contribution < 1.29 is 0 Å². The van der Waals surface area contributed by atoms with Gasteiger partial charge in [0.25, 0.3) is 0 Å². The van der Waals surface area contributed by atoms with E-state index in [2.05, 4.69) is 47.9 Å². The average molecular weight is 314 g/mol. The molecule has 2 rings (SSSR count). The molecular formula is C12H20BrN5. The van der Waals surface area contributed by atoms with E-state index in [1.165, 1.54) is 13.0 Å². The van der Waals surface area contributed by atoms with Crippen molar-refractivity contribution in [2.45, 2.75) is 13.3 Å². The monoisotopic (exact) mass is 313 g/mol. The van der Waals surface area contributed by atoms with Crippen LogP contribution in [0, 0.1) is 0 Å². The number of anilines is 2. The van der Waals surface area contributed by atoms with E-state index in [4.69, 9.17) is 0 Å². The van der Waals surface area contributed by atoms with Crippen molar-refractivity contribution in [3.8, 4) is 0 Å². The zero-order chi connectivity index (χ0) is 13.0. The lowest BCUT2D eigenvalue weighted by Gasteiger charge is -2.35. The average Bonchev–Trinajstić information content (AvgIpc) is 2.41. The van der Waals surface area contributed by atoms with Gasteiger partial charge in [0.1, 0.15) is 22.4 Å². The molecule has 0 aromatic carbocycles. The molecule has 1 aromatic heterocycles. The number of hydrogen-bond acceptors (Lipinski definition) is 5. The summed E-state index contributed by atoms with van der Waals surface area (Å²) < 4.78 is 0.955. The number of nitrogens with one attached hydrogen (secondary N) is 1. The summed E-state index contributed by atoms with van der Waals surface area (Å²) in [6.07, 6.45) is 2.84. The lowest BCUT2D eigenvalue weighted by Crippen LogP contribution is -2.47. The molecule has 0 radical (unpaired) electrons. The van der Waals surface area contributed by atoms with Gasteiger partial charge in [0.15, 0.2) is 0 Å². The Balaban J connectivity index is 2.05. The Morgan fingerprint density at radius 2 is 2.00 bits per heavy atom. The predicted octanol–water partition coefficient (Wildman–Crippen LogP) is 1.81. The zero-order valence-corrected chi connectivity index (χ0v) is 12.6. The zero-order valence-electron chi connectivity index (χ0n) is 11.0. The molecule has 0 atom stereocenters. The van der Waals surface area contributed by atoms with Gasteiger partial charge in [0.05, 0.1) is 0 Å². The van der Waals surface area contributed by atoms with Gasteiger partial charge in [-0.25, -0.2) is 9.97 Å². The maximum Gasteiger partial charge on any atom is 0.148 e. The van der Waals surface area contributed by atoms with Crippen LogP contribution in [0.1, 0.15) is 13.3 Å². The van der Waals surface area contributed by atoms with E-state index in [0.29, 0.717) is 0 Å². The molecule has 1 aromatic rings. The Kier molecular flexibility index (Phi) is 4.77. The molecule has 0 saturated carbocycles. The lowest BCUT2D eigenvalue weighted by atomic mass is 10.3. The molecule has 1 fully saturated rings. The first-order chi connectivity index (χ1) is 8.76. The molecule has 6 heteroatoms. The second kappa shape index (κ2) is 6.33. The summed E-state index contributed by atoms with van der Waals surface area (Å²) in [6.45, 7) is 7.70. The third-order valence-corrected chi connectivity index (χ3v) is 3.95. The van der Waals surface area contributed by atoms with Crippen LogP contribution in [-0.4, -0.2) is 54.6 Å². The van der Waals surface area contributed by atoms with Gasteiger partial charge >= 0.3 is 0 Å². The minimum atomic E-state index is 0.844. The highest BCUT2D eigenvalue weighted by Gasteiger charge is 2.20.